The molecule has 2 aromatic rings. The summed E-state index contributed by atoms with van der Waals surface area (Å²) in [4.78, 5) is 0. The first-order valence-electron chi connectivity index (χ1n) is 4.48. The van der Waals surface area contributed by atoms with Crippen molar-refractivity contribution in [3.05, 3.63) is 58.1 Å². The molecule has 0 heterocycles. The van der Waals surface area contributed by atoms with E-state index >= 15 is 0 Å². The highest BCUT2D eigenvalue weighted by Crippen LogP contribution is 2.35. The summed E-state index contributed by atoms with van der Waals surface area (Å²) >= 11 is 11.9. The van der Waals surface area contributed by atoms with Crippen molar-refractivity contribution in [3.8, 4) is 11.1 Å². The van der Waals surface area contributed by atoms with E-state index in [2.05, 4.69) is 0 Å². The van der Waals surface area contributed by atoms with E-state index < -0.39 is 11.6 Å². The van der Waals surface area contributed by atoms with Crippen LogP contribution in [0.25, 0.3) is 11.1 Å². The highest BCUT2D eigenvalue weighted by molar-refractivity contribution is 6.39. The maximum atomic E-state index is 13.1. The van der Waals surface area contributed by atoms with Crippen LogP contribution in [0.2, 0.25) is 10.0 Å². The second kappa shape index (κ2) is 4.40. The molecule has 0 bridgehead atoms. The molecule has 0 unspecified atom stereocenters. The third-order valence-corrected chi connectivity index (χ3v) is 2.74. The fourth-order valence-corrected chi connectivity index (χ4v) is 2.09. The summed E-state index contributed by atoms with van der Waals surface area (Å²) in [5, 5.41) is 0.718. The summed E-state index contributed by atoms with van der Waals surface area (Å²) in [5.74, 6) is -1.32. The summed E-state index contributed by atoms with van der Waals surface area (Å²) < 4.78 is 26.1. The van der Waals surface area contributed by atoms with Crippen molar-refractivity contribution in [2.45, 2.75) is 0 Å². The molecule has 4 heteroatoms. The summed E-state index contributed by atoms with van der Waals surface area (Å²) in [7, 11) is 0. The van der Waals surface area contributed by atoms with Gasteiger partial charge >= 0.3 is 0 Å². The van der Waals surface area contributed by atoms with Gasteiger partial charge in [-0.2, -0.15) is 0 Å². The second-order valence-electron chi connectivity index (χ2n) is 3.25. The van der Waals surface area contributed by atoms with Crippen LogP contribution in [0.1, 0.15) is 0 Å². The highest BCUT2D eigenvalue weighted by atomic mass is 35.5. The third-order valence-electron chi connectivity index (χ3n) is 2.11. The molecular formula is C12H6Cl2F2. The summed E-state index contributed by atoms with van der Waals surface area (Å²) in [6.07, 6.45) is 0. The van der Waals surface area contributed by atoms with Crippen molar-refractivity contribution in [2.75, 3.05) is 0 Å². The number of hydrogen-bond acceptors (Lipinski definition) is 0. The molecule has 0 aliphatic heterocycles. The molecule has 0 saturated carbocycles. The van der Waals surface area contributed by atoms with Crippen LogP contribution in [-0.2, 0) is 0 Å². The molecule has 82 valence electrons. The maximum absolute atomic E-state index is 13.1. The van der Waals surface area contributed by atoms with Gasteiger partial charge in [-0.1, -0.05) is 29.3 Å². The van der Waals surface area contributed by atoms with E-state index in [-0.39, 0.29) is 0 Å². The van der Waals surface area contributed by atoms with Crippen molar-refractivity contribution in [1.82, 2.24) is 0 Å². The lowest BCUT2D eigenvalue weighted by Gasteiger charge is -2.07. The quantitative estimate of drug-likeness (QED) is 0.680. The minimum absolute atomic E-state index is 0.327. The number of rotatable bonds is 1. The third kappa shape index (κ3) is 2.18. The van der Waals surface area contributed by atoms with E-state index in [4.69, 9.17) is 23.2 Å². The average molecular weight is 259 g/mol. The number of benzene rings is 2. The first kappa shape index (κ1) is 11.4. The van der Waals surface area contributed by atoms with Crippen LogP contribution in [0.4, 0.5) is 8.78 Å². The zero-order valence-electron chi connectivity index (χ0n) is 7.98. The van der Waals surface area contributed by atoms with E-state index in [0.29, 0.717) is 21.2 Å². The normalized spacial score (nSPS) is 10.5. The Labute approximate surface area is 101 Å². The molecule has 0 aromatic heterocycles. The first-order chi connectivity index (χ1) is 7.58. The van der Waals surface area contributed by atoms with Crippen LogP contribution in [0.5, 0.6) is 0 Å². The predicted molar refractivity (Wildman–Crippen MR) is 61.8 cm³/mol. The molecule has 0 spiro atoms. The average Bonchev–Trinajstić information content (AvgIpc) is 2.15. The van der Waals surface area contributed by atoms with Crippen molar-refractivity contribution in [3.63, 3.8) is 0 Å². The van der Waals surface area contributed by atoms with Crippen LogP contribution in [-0.4, -0.2) is 0 Å². The van der Waals surface area contributed by atoms with Gasteiger partial charge in [-0.3, -0.25) is 0 Å². The monoisotopic (exact) mass is 258 g/mol. The SMILES string of the molecule is Fc1cc(F)cc(-c2c(Cl)cccc2Cl)c1. The summed E-state index contributed by atoms with van der Waals surface area (Å²) in [5.41, 5.74) is 0.761. The number of hydrogen-bond donors (Lipinski definition) is 0. The van der Waals surface area contributed by atoms with Crippen molar-refractivity contribution in [1.29, 1.82) is 0 Å². The summed E-state index contributed by atoms with van der Waals surface area (Å²) in [6, 6.07) is 8.08. The van der Waals surface area contributed by atoms with Gasteiger partial charge < -0.3 is 0 Å². The van der Waals surface area contributed by atoms with Gasteiger partial charge in [0.15, 0.2) is 0 Å². The van der Waals surface area contributed by atoms with Crippen LogP contribution in [0.3, 0.4) is 0 Å². The van der Waals surface area contributed by atoms with E-state index in [1.807, 2.05) is 0 Å². The Kier molecular flexibility index (Phi) is 3.13. The number of halogens is 4. The van der Waals surface area contributed by atoms with Crippen LogP contribution < -0.4 is 0 Å². The van der Waals surface area contributed by atoms with Crippen LogP contribution in [0.15, 0.2) is 36.4 Å². The molecule has 0 nitrogen and oxygen atoms in total. The lowest BCUT2D eigenvalue weighted by Crippen LogP contribution is -1.86. The van der Waals surface area contributed by atoms with E-state index in [1.165, 1.54) is 12.1 Å². The van der Waals surface area contributed by atoms with Gasteiger partial charge in [0, 0.05) is 21.7 Å². The molecule has 0 atom stereocenters. The largest absolute Gasteiger partial charge is 0.207 e. The minimum atomic E-state index is -0.661. The fraction of sp³-hybridized carbons (Fsp3) is 0. The van der Waals surface area contributed by atoms with Crippen LogP contribution in [0, 0.1) is 11.6 Å². The van der Waals surface area contributed by atoms with E-state index in [1.54, 1.807) is 18.2 Å². The van der Waals surface area contributed by atoms with Crippen molar-refractivity contribution < 1.29 is 8.78 Å². The van der Waals surface area contributed by atoms with E-state index in [0.717, 1.165) is 6.07 Å². The Morgan fingerprint density at radius 1 is 0.812 bits per heavy atom. The van der Waals surface area contributed by atoms with Gasteiger partial charge in [-0.15, -0.1) is 0 Å². The van der Waals surface area contributed by atoms with Crippen LogP contribution >= 0.6 is 23.2 Å². The Hall–Kier alpha value is -1.12. The maximum Gasteiger partial charge on any atom is 0.126 e. The van der Waals surface area contributed by atoms with Gasteiger partial charge in [0.2, 0.25) is 0 Å². The molecule has 0 fully saturated rings. The van der Waals surface area contributed by atoms with Gasteiger partial charge in [0.25, 0.3) is 0 Å². The molecule has 2 aromatic carbocycles. The van der Waals surface area contributed by atoms with Gasteiger partial charge in [0.1, 0.15) is 11.6 Å². The smallest absolute Gasteiger partial charge is 0.126 e. The Bertz CT molecular complexity index is 498. The van der Waals surface area contributed by atoms with E-state index in [9.17, 15) is 8.78 Å². The zero-order valence-corrected chi connectivity index (χ0v) is 9.49. The molecule has 0 saturated heterocycles. The van der Waals surface area contributed by atoms with Gasteiger partial charge in [-0.25, -0.2) is 8.78 Å². The van der Waals surface area contributed by atoms with Gasteiger partial charge in [-0.05, 0) is 29.8 Å². The minimum Gasteiger partial charge on any atom is -0.207 e. The predicted octanol–water partition coefficient (Wildman–Crippen LogP) is 4.94. The molecule has 0 amide bonds. The lowest BCUT2D eigenvalue weighted by molar-refractivity contribution is 0.584. The first-order valence-corrected chi connectivity index (χ1v) is 5.24. The second-order valence-corrected chi connectivity index (χ2v) is 4.07. The summed E-state index contributed by atoms with van der Waals surface area (Å²) in [6.45, 7) is 0. The standard InChI is InChI=1S/C12H6Cl2F2/c13-10-2-1-3-11(14)12(10)7-4-8(15)6-9(16)5-7/h1-6H. The molecule has 16 heavy (non-hydrogen) atoms. The molecule has 0 radical (unpaired) electrons. The Morgan fingerprint density at radius 2 is 1.31 bits per heavy atom. The van der Waals surface area contributed by atoms with Crippen molar-refractivity contribution >= 4 is 23.2 Å². The van der Waals surface area contributed by atoms with Gasteiger partial charge in [0.05, 0.1) is 0 Å². The molecule has 0 aliphatic carbocycles. The molecule has 0 N–H and O–H groups in total. The Balaban J connectivity index is 2.67. The van der Waals surface area contributed by atoms with Crippen molar-refractivity contribution in [2.24, 2.45) is 0 Å². The fourth-order valence-electron chi connectivity index (χ4n) is 1.47. The molecule has 2 rings (SSSR count). The molecular weight excluding hydrogens is 253 g/mol. The molecule has 0 aliphatic rings. The highest BCUT2D eigenvalue weighted by Gasteiger charge is 2.10. The zero-order chi connectivity index (χ0) is 11.7. The Morgan fingerprint density at radius 3 is 1.81 bits per heavy atom. The topological polar surface area (TPSA) is 0 Å². The lowest BCUT2D eigenvalue weighted by atomic mass is 10.1.